The number of likely N-dealkylation sites (N-methyl/N-ethyl adjacent to an activating group) is 1. The standard InChI is InChI=1S/C23H30N2O4/c1-24(16-23(27)28-2)13-20-9-5-6-10-22(20)29-17-21(26)15-25-12-11-18-7-3-4-8-19(18)14-25/h3-10,21,26H,11-17H2,1-2H3/t21-/m1/s1. The van der Waals surface area contributed by atoms with Crippen molar-refractivity contribution in [3.63, 3.8) is 0 Å². The summed E-state index contributed by atoms with van der Waals surface area (Å²) in [5, 5.41) is 10.5. The van der Waals surface area contributed by atoms with E-state index in [1.807, 2.05) is 36.2 Å². The number of aliphatic hydroxyl groups is 1. The van der Waals surface area contributed by atoms with Crippen molar-refractivity contribution in [2.45, 2.75) is 25.6 Å². The van der Waals surface area contributed by atoms with E-state index in [4.69, 9.17) is 9.47 Å². The average Bonchev–Trinajstić information content (AvgIpc) is 2.73. The number of ether oxygens (including phenoxy) is 2. The first-order valence-electron chi connectivity index (χ1n) is 9.98. The predicted molar refractivity (Wildman–Crippen MR) is 112 cm³/mol. The fourth-order valence-corrected chi connectivity index (χ4v) is 3.65. The van der Waals surface area contributed by atoms with Gasteiger partial charge in [-0.15, -0.1) is 0 Å². The van der Waals surface area contributed by atoms with Gasteiger partial charge >= 0.3 is 5.97 Å². The van der Waals surface area contributed by atoms with Crippen LogP contribution >= 0.6 is 0 Å². The van der Waals surface area contributed by atoms with Gasteiger partial charge in [-0.1, -0.05) is 42.5 Å². The van der Waals surface area contributed by atoms with E-state index in [-0.39, 0.29) is 19.1 Å². The van der Waals surface area contributed by atoms with Crippen LogP contribution in [-0.4, -0.2) is 67.4 Å². The fourth-order valence-electron chi connectivity index (χ4n) is 3.65. The molecule has 0 saturated heterocycles. The fraction of sp³-hybridized carbons (Fsp3) is 0.435. The number of hydrogen-bond donors (Lipinski definition) is 1. The van der Waals surface area contributed by atoms with Crippen LogP contribution in [-0.2, 0) is 29.0 Å². The van der Waals surface area contributed by atoms with Crippen molar-refractivity contribution in [3.05, 3.63) is 65.2 Å². The lowest BCUT2D eigenvalue weighted by Crippen LogP contribution is -2.38. The Bertz CT molecular complexity index is 811. The number of aliphatic hydroxyl groups excluding tert-OH is 1. The van der Waals surface area contributed by atoms with Crippen LogP contribution in [0.1, 0.15) is 16.7 Å². The van der Waals surface area contributed by atoms with Gasteiger partial charge in [0.25, 0.3) is 0 Å². The molecule has 1 heterocycles. The number of esters is 1. The zero-order valence-corrected chi connectivity index (χ0v) is 17.2. The van der Waals surface area contributed by atoms with Crippen LogP contribution in [0.2, 0.25) is 0 Å². The Morgan fingerprint density at radius 3 is 2.69 bits per heavy atom. The second kappa shape index (κ2) is 10.4. The molecule has 29 heavy (non-hydrogen) atoms. The SMILES string of the molecule is COC(=O)CN(C)Cc1ccccc1OC[C@H](O)CN1CCc2ccccc2C1. The summed E-state index contributed by atoms with van der Waals surface area (Å²) in [7, 11) is 3.24. The number of nitrogens with zero attached hydrogens (tertiary/aromatic N) is 2. The van der Waals surface area contributed by atoms with Gasteiger partial charge in [0.1, 0.15) is 18.5 Å². The van der Waals surface area contributed by atoms with Gasteiger partial charge in [0.15, 0.2) is 0 Å². The number of methoxy groups -OCH3 is 1. The third-order valence-corrected chi connectivity index (χ3v) is 5.15. The molecule has 0 aromatic heterocycles. The Balaban J connectivity index is 1.50. The van der Waals surface area contributed by atoms with Crippen molar-refractivity contribution in [2.75, 3.05) is 40.4 Å². The molecule has 0 aliphatic carbocycles. The first-order valence-corrected chi connectivity index (χ1v) is 9.98. The predicted octanol–water partition coefficient (Wildman–Crippen LogP) is 2.09. The van der Waals surface area contributed by atoms with Crippen molar-refractivity contribution >= 4 is 5.97 Å². The van der Waals surface area contributed by atoms with Crippen LogP contribution in [0.15, 0.2) is 48.5 Å². The largest absolute Gasteiger partial charge is 0.491 e. The Kier molecular flexibility index (Phi) is 7.63. The summed E-state index contributed by atoms with van der Waals surface area (Å²) < 4.78 is 10.6. The molecule has 0 radical (unpaired) electrons. The van der Waals surface area contributed by atoms with Crippen molar-refractivity contribution in [2.24, 2.45) is 0 Å². The maximum Gasteiger partial charge on any atom is 0.319 e. The molecule has 2 aromatic rings. The van der Waals surface area contributed by atoms with Crippen LogP contribution < -0.4 is 4.74 Å². The molecule has 0 amide bonds. The molecular weight excluding hydrogens is 368 g/mol. The molecule has 0 fully saturated rings. The third kappa shape index (κ3) is 6.29. The smallest absolute Gasteiger partial charge is 0.319 e. The van der Waals surface area contributed by atoms with E-state index in [0.717, 1.165) is 30.8 Å². The molecule has 156 valence electrons. The van der Waals surface area contributed by atoms with E-state index in [1.165, 1.54) is 18.2 Å². The summed E-state index contributed by atoms with van der Waals surface area (Å²) in [4.78, 5) is 15.6. The van der Waals surface area contributed by atoms with E-state index in [2.05, 4.69) is 29.2 Å². The monoisotopic (exact) mass is 398 g/mol. The lowest BCUT2D eigenvalue weighted by molar-refractivity contribution is -0.141. The second-order valence-electron chi connectivity index (χ2n) is 7.57. The molecule has 0 saturated carbocycles. The van der Waals surface area contributed by atoms with Gasteiger partial charge in [0, 0.05) is 31.7 Å². The Morgan fingerprint density at radius 1 is 1.17 bits per heavy atom. The highest BCUT2D eigenvalue weighted by Gasteiger charge is 2.19. The minimum atomic E-state index is -0.568. The van der Waals surface area contributed by atoms with Gasteiger partial charge in [-0.2, -0.15) is 0 Å². The Hall–Kier alpha value is -2.41. The summed E-state index contributed by atoms with van der Waals surface area (Å²) in [6.45, 7) is 3.40. The van der Waals surface area contributed by atoms with E-state index < -0.39 is 6.10 Å². The number of fused-ring (bicyclic) bond motifs is 1. The Morgan fingerprint density at radius 2 is 1.90 bits per heavy atom. The van der Waals surface area contributed by atoms with Crippen molar-refractivity contribution in [1.29, 1.82) is 0 Å². The quantitative estimate of drug-likeness (QED) is 0.653. The maximum absolute atomic E-state index is 11.4. The van der Waals surface area contributed by atoms with Gasteiger partial charge in [-0.05, 0) is 30.7 Å². The van der Waals surface area contributed by atoms with Gasteiger partial charge in [0.05, 0.1) is 13.7 Å². The molecule has 2 aromatic carbocycles. The van der Waals surface area contributed by atoms with Crippen molar-refractivity contribution < 1.29 is 19.4 Å². The summed E-state index contributed by atoms with van der Waals surface area (Å²) >= 11 is 0. The zero-order valence-electron chi connectivity index (χ0n) is 17.2. The van der Waals surface area contributed by atoms with Crippen LogP contribution in [0.4, 0.5) is 0 Å². The minimum absolute atomic E-state index is 0.212. The summed E-state index contributed by atoms with van der Waals surface area (Å²) in [5.74, 6) is 0.455. The van der Waals surface area contributed by atoms with Crippen LogP contribution in [0.25, 0.3) is 0 Å². The summed E-state index contributed by atoms with van der Waals surface area (Å²) in [5.41, 5.74) is 3.71. The van der Waals surface area contributed by atoms with Crippen LogP contribution in [0.5, 0.6) is 5.75 Å². The lowest BCUT2D eigenvalue weighted by atomic mass is 10.00. The molecule has 1 aliphatic rings. The van der Waals surface area contributed by atoms with Crippen molar-refractivity contribution in [3.8, 4) is 5.75 Å². The highest BCUT2D eigenvalue weighted by atomic mass is 16.5. The number of rotatable bonds is 9. The van der Waals surface area contributed by atoms with Gasteiger partial charge in [0.2, 0.25) is 0 Å². The molecule has 3 rings (SSSR count). The van der Waals surface area contributed by atoms with Gasteiger partial charge < -0.3 is 14.6 Å². The number of carbonyl (C=O) groups excluding carboxylic acids is 1. The van der Waals surface area contributed by atoms with Crippen molar-refractivity contribution in [1.82, 2.24) is 9.80 Å². The average molecular weight is 399 g/mol. The molecule has 6 heteroatoms. The molecule has 6 nitrogen and oxygen atoms in total. The van der Waals surface area contributed by atoms with E-state index in [9.17, 15) is 9.90 Å². The molecule has 0 spiro atoms. The van der Waals surface area contributed by atoms with E-state index >= 15 is 0 Å². The van der Waals surface area contributed by atoms with Crippen LogP contribution in [0.3, 0.4) is 0 Å². The van der Waals surface area contributed by atoms with Gasteiger partial charge in [-0.3, -0.25) is 14.6 Å². The minimum Gasteiger partial charge on any atom is -0.491 e. The van der Waals surface area contributed by atoms with Crippen LogP contribution in [0, 0.1) is 0 Å². The molecule has 1 atom stereocenters. The van der Waals surface area contributed by atoms with E-state index in [0.29, 0.717) is 13.1 Å². The zero-order chi connectivity index (χ0) is 20.6. The molecule has 1 aliphatic heterocycles. The molecule has 1 N–H and O–H groups in total. The summed E-state index contributed by atoms with van der Waals surface area (Å²) in [6, 6.07) is 16.2. The molecule has 0 unspecified atom stereocenters. The normalized spacial score (nSPS) is 15.0. The topological polar surface area (TPSA) is 62.2 Å². The maximum atomic E-state index is 11.4. The highest BCUT2D eigenvalue weighted by molar-refractivity contribution is 5.71. The summed E-state index contributed by atoms with van der Waals surface area (Å²) in [6.07, 6.45) is 0.445. The Labute approximate surface area is 172 Å². The number of carbonyl (C=O) groups is 1. The number of hydrogen-bond acceptors (Lipinski definition) is 6. The first-order chi connectivity index (χ1) is 14.0. The first kappa shape index (κ1) is 21.3. The number of para-hydroxylation sites is 1. The lowest BCUT2D eigenvalue weighted by Gasteiger charge is -2.30. The number of benzene rings is 2. The second-order valence-corrected chi connectivity index (χ2v) is 7.57. The van der Waals surface area contributed by atoms with E-state index in [1.54, 1.807) is 0 Å². The molecule has 0 bridgehead atoms. The van der Waals surface area contributed by atoms with Gasteiger partial charge in [-0.25, -0.2) is 0 Å². The molecular formula is C23H30N2O4. The third-order valence-electron chi connectivity index (χ3n) is 5.15. The number of β-amino-alcohol motifs (C(OH)–C–C–N with tert-alkyl or cyclic N) is 1. The highest BCUT2D eigenvalue weighted by Crippen LogP contribution is 2.21.